The van der Waals surface area contributed by atoms with Crippen molar-refractivity contribution in [3.8, 4) is 0 Å². The Bertz CT molecular complexity index is 805. The summed E-state index contributed by atoms with van der Waals surface area (Å²) in [4.78, 5) is 20.3. The Morgan fingerprint density at radius 2 is 2.16 bits per heavy atom. The number of piperidine rings is 1. The Hall–Kier alpha value is -2.25. The predicted octanol–water partition coefficient (Wildman–Crippen LogP) is 3.69. The van der Waals surface area contributed by atoms with Gasteiger partial charge in [-0.25, -0.2) is 15.0 Å². The average Bonchev–Trinajstić information content (AvgIpc) is 3.28. The Kier molecular flexibility index (Phi) is 4.76. The summed E-state index contributed by atoms with van der Waals surface area (Å²) in [5.74, 6) is 2.44. The van der Waals surface area contributed by atoms with Crippen LogP contribution in [0.4, 0.5) is 10.9 Å². The monoisotopic (exact) mass is 354 g/mol. The highest BCUT2D eigenvalue weighted by Crippen LogP contribution is 2.29. The van der Waals surface area contributed by atoms with E-state index in [1.54, 1.807) is 11.3 Å². The summed E-state index contributed by atoms with van der Waals surface area (Å²) < 4.78 is 0. The topological polar surface area (TPSA) is 69.7 Å². The molecule has 1 fully saturated rings. The first-order valence-corrected chi connectivity index (χ1v) is 9.45. The zero-order chi connectivity index (χ0) is 17.1. The molecule has 0 amide bonds. The predicted molar refractivity (Wildman–Crippen MR) is 100 cm³/mol. The number of thiazole rings is 1. The average molecular weight is 354 g/mol. The molecule has 4 heterocycles. The highest BCUT2D eigenvalue weighted by atomic mass is 32.1. The molecule has 0 aromatic carbocycles. The van der Waals surface area contributed by atoms with Gasteiger partial charge in [-0.1, -0.05) is 6.07 Å². The number of aromatic amines is 1. The van der Waals surface area contributed by atoms with Gasteiger partial charge in [0.1, 0.15) is 11.6 Å². The second-order valence-corrected chi connectivity index (χ2v) is 7.67. The summed E-state index contributed by atoms with van der Waals surface area (Å²) in [6, 6.07) is 6.23. The first-order chi connectivity index (χ1) is 12.3. The largest absolute Gasteiger partial charge is 0.348 e. The molecule has 0 aliphatic carbocycles. The van der Waals surface area contributed by atoms with Crippen LogP contribution in [0, 0.1) is 6.92 Å². The van der Waals surface area contributed by atoms with Crippen molar-refractivity contribution < 1.29 is 0 Å². The van der Waals surface area contributed by atoms with Crippen LogP contribution in [0.1, 0.15) is 35.2 Å². The zero-order valence-corrected chi connectivity index (χ0v) is 15.1. The van der Waals surface area contributed by atoms with E-state index < -0.39 is 0 Å². The Morgan fingerprint density at radius 1 is 1.28 bits per heavy atom. The van der Waals surface area contributed by atoms with E-state index >= 15 is 0 Å². The first kappa shape index (κ1) is 16.2. The molecule has 0 atom stereocenters. The van der Waals surface area contributed by atoms with E-state index in [-0.39, 0.29) is 0 Å². The molecule has 2 N–H and O–H groups in total. The lowest BCUT2D eigenvalue weighted by molar-refractivity contribution is 0.199. The Balaban J connectivity index is 1.37. The maximum Gasteiger partial charge on any atom is 0.188 e. The quantitative estimate of drug-likeness (QED) is 0.731. The van der Waals surface area contributed by atoms with Crippen molar-refractivity contribution in [1.82, 2.24) is 24.8 Å². The van der Waals surface area contributed by atoms with E-state index in [9.17, 15) is 0 Å². The molecule has 0 radical (unpaired) electrons. The minimum Gasteiger partial charge on any atom is -0.348 e. The van der Waals surface area contributed by atoms with Gasteiger partial charge in [0.2, 0.25) is 0 Å². The van der Waals surface area contributed by atoms with E-state index in [2.05, 4.69) is 44.2 Å². The molecule has 7 heteroatoms. The summed E-state index contributed by atoms with van der Waals surface area (Å²) in [6.07, 6.45) is 7.84. The van der Waals surface area contributed by atoms with Crippen LogP contribution in [-0.2, 0) is 6.54 Å². The van der Waals surface area contributed by atoms with Gasteiger partial charge in [0, 0.05) is 35.1 Å². The van der Waals surface area contributed by atoms with Crippen LogP contribution in [0.5, 0.6) is 0 Å². The molecule has 130 valence electrons. The normalized spacial score (nSPS) is 16.2. The fourth-order valence-electron chi connectivity index (χ4n) is 3.25. The van der Waals surface area contributed by atoms with E-state index in [0.717, 1.165) is 49.2 Å². The second-order valence-electron chi connectivity index (χ2n) is 6.44. The molecule has 1 saturated heterocycles. The van der Waals surface area contributed by atoms with Crippen LogP contribution in [0.2, 0.25) is 0 Å². The first-order valence-electron chi connectivity index (χ1n) is 8.63. The van der Waals surface area contributed by atoms with Gasteiger partial charge in [0.15, 0.2) is 5.13 Å². The van der Waals surface area contributed by atoms with Crippen molar-refractivity contribution in [2.45, 2.75) is 32.2 Å². The second kappa shape index (κ2) is 7.33. The van der Waals surface area contributed by atoms with Gasteiger partial charge in [0.25, 0.3) is 0 Å². The fraction of sp³-hybridized carbons (Fsp3) is 0.389. The van der Waals surface area contributed by atoms with Crippen LogP contribution in [0.3, 0.4) is 0 Å². The molecular formula is C18H22N6S. The summed E-state index contributed by atoms with van der Waals surface area (Å²) in [5.41, 5.74) is 1.18. The smallest absolute Gasteiger partial charge is 0.188 e. The van der Waals surface area contributed by atoms with Gasteiger partial charge in [-0.3, -0.25) is 4.90 Å². The summed E-state index contributed by atoms with van der Waals surface area (Å²) in [6.45, 7) is 5.12. The number of aromatic nitrogens is 4. The third-order valence-corrected chi connectivity index (χ3v) is 5.39. The molecule has 3 aromatic rings. The van der Waals surface area contributed by atoms with E-state index in [1.807, 2.05) is 24.7 Å². The third kappa shape index (κ3) is 4.05. The van der Waals surface area contributed by atoms with Crippen LogP contribution in [0.15, 0.2) is 36.8 Å². The molecule has 4 rings (SSSR count). The molecule has 0 bridgehead atoms. The van der Waals surface area contributed by atoms with Crippen molar-refractivity contribution in [1.29, 1.82) is 0 Å². The van der Waals surface area contributed by atoms with Gasteiger partial charge in [-0.05, 0) is 45.0 Å². The lowest BCUT2D eigenvalue weighted by Gasteiger charge is -2.31. The highest BCUT2D eigenvalue weighted by Gasteiger charge is 2.22. The van der Waals surface area contributed by atoms with Crippen LogP contribution < -0.4 is 5.32 Å². The molecule has 0 unspecified atom stereocenters. The maximum atomic E-state index is 4.82. The maximum absolute atomic E-state index is 4.82. The van der Waals surface area contributed by atoms with E-state index in [0.29, 0.717) is 5.92 Å². The number of rotatable bonds is 5. The summed E-state index contributed by atoms with van der Waals surface area (Å²) in [7, 11) is 0. The number of hydrogen-bond acceptors (Lipinski definition) is 6. The molecule has 1 aliphatic heterocycles. The third-order valence-electron chi connectivity index (χ3n) is 4.56. The Labute approximate surface area is 151 Å². The van der Waals surface area contributed by atoms with Crippen LogP contribution in [-0.4, -0.2) is 37.9 Å². The number of anilines is 2. The SMILES string of the molecule is Cc1cnc(Nc2cccc(C3CCN(Cc4ncc[nH]4)CC3)n2)s1. The lowest BCUT2D eigenvalue weighted by Crippen LogP contribution is -2.33. The van der Waals surface area contributed by atoms with Crippen LogP contribution in [0.25, 0.3) is 0 Å². The van der Waals surface area contributed by atoms with Crippen molar-refractivity contribution in [2.24, 2.45) is 0 Å². The van der Waals surface area contributed by atoms with Gasteiger partial charge in [-0.2, -0.15) is 0 Å². The molecule has 0 saturated carbocycles. The number of nitrogens with one attached hydrogen (secondary N) is 2. The minimum atomic E-state index is 0.521. The molecule has 6 nitrogen and oxygen atoms in total. The number of H-pyrrole nitrogens is 1. The zero-order valence-electron chi connectivity index (χ0n) is 14.3. The van der Waals surface area contributed by atoms with Gasteiger partial charge >= 0.3 is 0 Å². The minimum absolute atomic E-state index is 0.521. The number of likely N-dealkylation sites (tertiary alicyclic amines) is 1. The molecule has 0 spiro atoms. The van der Waals surface area contributed by atoms with Crippen molar-refractivity contribution in [3.05, 3.63) is 53.2 Å². The van der Waals surface area contributed by atoms with E-state index in [4.69, 9.17) is 4.98 Å². The molecular weight excluding hydrogens is 332 g/mol. The number of imidazole rings is 1. The molecule has 1 aliphatic rings. The van der Waals surface area contributed by atoms with E-state index in [1.165, 1.54) is 10.6 Å². The summed E-state index contributed by atoms with van der Waals surface area (Å²) >= 11 is 1.65. The Morgan fingerprint density at radius 3 is 2.88 bits per heavy atom. The molecule has 3 aromatic heterocycles. The van der Waals surface area contributed by atoms with Crippen LogP contribution >= 0.6 is 11.3 Å². The summed E-state index contributed by atoms with van der Waals surface area (Å²) in [5, 5.41) is 4.21. The fourth-order valence-corrected chi connectivity index (χ4v) is 3.93. The van der Waals surface area contributed by atoms with Crippen molar-refractivity contribution in [3.63, 3.8) is 0 Å². The van der Waals surface area contributed by atoms with Crippen molar-refractivity contribution >= 4 is 22.3 Å². The van der Waals surface area contributed by atoms with Crippen molar-refractivity contribution in [2.75, 3.05) is 18.4 Å². The van der Waals surface area contributed by atoms with Gasteiger partial charge in [-0.15, -0.1) is 11.3 Å². The highest BCUT2D eigenvalue weighted by molar-refractivity contribution is 7.15. The standard InChI is InChI=1S/C18H22N6S/c1-13-11-21-18(25-13)23-16-4-2-3-15(22-16)14-5-9-24(10-6-14)12-17-19-7-8-20-17/h2-4,7-8,11,14H,5-6,9-10,12H2,1H3,(H,19,20)(H,21,22,23). The number of hydrogen-bond donors (Lipinski definition) is 2. The van der Waals surface area contributed by atoms with Gasteiger partial charge in [0.05, 0.1) is 6.54 Å². The van der Waals surface area contributed by atoms with Gasteiger partial charge < -0.3 is 10.3 Å². The number of pyridine rings is 1. The number of aryl methyl sites for hydroxylation is 1. The number of nitrogens with zero attached hydrogens (tertiary/aromatic N) is 4. The molecule has 25 heavy (non-hydrogen) atoms. The lowest BCUT2D eigenvalue weighted by atomic mass is 9.93.